The first-order valence-electron chi connectivity index (χ1n) is 0.239. The predicted molar refractivity (Wildman–Crippen MR) is 11.7 cm³/mol. The van der Waals surface area contributed by atoms with Gasteiger partial charge in [-0.3, -0.25) is 0 Å². The molecule has 0 aliphatic carbocycles. The minimum atomic E-state index is 0. The summed E-state index contributed by atoms with van der Waals surface area (Å²) in [4.78, 5) is 0. The van der Waals surface area contributed by atoms with Crippen LogP contribution in [0.2, 0.25) is 0 Å². The molecule has 0 aliphatic rings. The first-order valence-corrected chi connectivity index (χ1v) is 5.87. The number of halogens is 2. The first-order chi connectivity index (χ1) is 2.00. The van der Waals surface area contributed by atoms with Gasteiger partial charge in [0.1, 0.15) is 0 Å². The third-order valence-electron chi connectivity index (χ3n) is 0. The summed E-state index contributed by atoms with van der Waals surface area (Å²) in [5.41, 5.74) is 0. The Bertz CT molecular complexity index is 7.61. The largest absolute Gasteiger partial charge is 2.00 e. The molecule has 5 heavy (non-hydrogen) atoms. The summed E-state index contributed by atoms with van der Waals surface area (Å²) in [7, 11) is 9.22. The van der Waals surface area contributed by atoms with Gasteiger partial charge in [-0.15, -0.1) is 0 Å². The fourth-order valence-electron chi connectivity index (χ4n) is 0. The third kappa shape index (κ3) is 21.2. The summed E-state index contributed by atoms with van der Waals surface area (Å²) in [6.45, 7) is 0. The van der Waals surface area contributed by atoms with Gasteiger partial charge in [0.2, 0.25) is 0 Å². The van der Waals surface area contributed by atoms with Gasteiger partial charge in [0, 0.05) is 0 Å². The summed E-state index contributed by atoms with van der Waals surface area (Å²) in [6, 6.07) is 0. The molecule has 0 N–H and O–H groups in total. The fourth-order valence-corrected chi connectivity index (χ4v) is 0. The topological polar surface area (TPSA) is 0 Å². The summed E-state index contributed by atoms with van der Waals surface area (Å²) >= 11 is 3.22. The molecule has 0 rings (SSSR count). The molecule has 0 spiro atoms. The van der Waals surface area contributed by atoms with E-state index in [2.05, 4.69) is 18.8 Å². The van der Waals surface area contributed by atoms with Crippen LogP contribution in [0.4, 0.5) is 0 Å². The summed E-state index contributed by atoms with van der Waals surface area (Å²) < 4.78 is 0. The van der Waals surface area contributed by atoms with Crippen LogP contribution in [0.15, 0.2) is 0 Å². The Hall–Kier alpha value is 2.48. The van der Waals surface area contributed by atoms with Gasteiger partial charge < -0.3 is 0 Å². The van der Waals surface area contributed by atoms with Crippen LogP contribution in [-0.4, -0.2) is 0 Å². The van der Waals surface area contributed by atoms with Crippen molar-refractivity contribution in [2.45, 2.75) is 0 Å². The third-order valence-corrected chi connectivity index (χ3v) is 0. The predicted octanol–water partition coefficient (Wildman–Crippen LogP) is 1.37. The van der Waals surface area contributed by atoms with Gasteiger partial charge in [0.15, 0.2) is 0 Å². The zero-order valence-corrected chi connectivity index (χ0v) is 9.00. The molecular weight excluding hydrogens is 516 g/mol. The fraction of sp³-hybridized carbons (Fsp3) is 0. The van der Waals surface area contributed by atoms with Gasteiger partial charge in [-0.25, -0.2) is 0 Å². The van der Waals surface area contributed by atoms with Crippen LogP contribution in [0.1, 0.15) is 0 Å². The van der Waals surface area contributed by atoms with Gasteiger partial charge >= 0.3 is 73.5 Å². The van der Waals surface area contributed by atoms with Crippen molar-refractivity contribution in [2.24, 2.45) is 0 Å². The maximum absolute atomic E-state index is 4.61. The molecular formula is Cl2MnPt2. The van der Waals surface area contributed by atoms with Crippen LogP contribution >= 0.6 is 18.8 Å². The van der Waals surface area contributed by atoms with E-state index in [1.165, 1.54) is 0 Å². The summed E-state index contributed by atoms with van der Waals surface area (Å²) in [5, 5.41) is 0. The molecule has 0 aliphatic heterocycles. The van der Waals surface area contributed by atoms with Crippen LogP contribution in [0.5, 0.6) is 0 Å². The van der Waals surface area contributed by atoms with Crippen LogP contribution in [0.25, 0.3) is 0 Å². The molecule has 0 atom stereocenters. The molecule has 5 heteroatoms. The van der Waals surface area contributed by atoms with Crippen LogP contribution in [0.3, 0.4) is 0 Å². The molecule has 0 unspecified atom stereocenters. The van der Waals surface area contributed by atoms with Gasteiger partial charge in [-0.05, 0) is 0 Å². The molecule has 0 fully saturated rings. The first kappa shape index (κ1) is 15.6. The maximum Gasteiger partial charge on any atom is 2.00 e. The van der Waals surface area contributed by atoms with Crippen molar-refractivity contribution in [3.8, 4) is 0 Å². The van der Waals surface area contributed by atoms with Crippen LogP contribution < -0.4 is 0 Å². The molecule has 0 saturated carbocycles. The molecule has 0 saturated heterocycles. The van der Waals surface area contributed by atoms with Crippen molar-refractivity contribution in [3.63, 3.8) is 0 Å². The second-order valence-electron chi connectivity index (χ2n) is 0. The molecule has 0 aromatic heterocycles. The molecule has 0 nitrogen and oxygen atoms in total. The van der Waals surface area contributed by atoms with Crippen molar-refractivity contribution in [3.05, 3.63) is 0 Å². The number of rotatable bonds is 0. The summed E-state index contributed by atoms with van der Waals surface area (Å²) in [6.07, 6.45) is 0. The van der Waals surface area contributed by atoms with E-state index >= 15 is 0 Å². The van der Waals surface area contributed by atoms with E-state index in [1.54, 1.807) is 37.5 Å². The minimum absolute atomic E-state index is 0. The van der Waals surface area contributed by atoms with Crippen LogP contribution in [0, 0.1) is 0 Å². The van der Waals surface area contributed by atoms with Crippen molar-refractivity contribution >= 4 is 18.8 Å². The number of hydrogen-bond acceptors (Lipinski definition) is 0. The van der Waals surface area contributed by atoms with Crippen molar-refractivity contribution in [2.75, 3.05) is 0 Å². The molecule has 0 heterocycles. The van der Waals surface area contributed by atoms with E-state index in [0.29, 0.717) is 0 Å². The second kappa shape index (κ2) is 31.7. The van der Waals surface area contributed by atoms with E-state index in [1.807, 2.05) is 0 Å². The molecule has 0 bridgehead atoms. The van der Waals surface area contributed by atoms with E-state index in [4.69, 9.17) is 0 Å². The molecule has 0 aromatic rings. The molecule has 1 radical (unpaired) electrons. The average Bonchev–Trinajstić information content (AvgIpc) is 1.50. The van der Waals surface area contributed by atoms with E-state index in [-0.39, 0.29) is 17.1 Å². The summed E-state index contributed by atoms with van der Waals surface area (Å²) in [5.74, 6) is 0. The Balaban J connectivity index is -0.0000000133. The maximum atomic E-state index is 4.61. The molecule has 41 valence electrons. The van der Waals surface area contributed by atoms with Gasteiger partial charge in [0.05, 0.1) is 0 Å². The van der Waals surface area contributed by atoms with Crippen molar-refractivity contribution in [1.29, 1.82) is 0 Å². The quantitative estimate of drug-likeness (QED) is 0.428. The van der Waals surface area contributed by atoms with Gasteiger partial charge in [0.25, 0.3) is 0 Å². The Kier molecular flexibility index (Phi) is 99.1. The van der Waals surface area contributed by atoms with Gasteiger partial charge in [-0.2, -0.15) is 0 Å². The Morgan fingerprint density at radius 3 is 0.800 bits per heavy atom. The zero-order chi connectivity index (χ0) is 4.00. The molecule has 0 aromatic carbocycles. The van der Waals surface area contributed by atoms with Crippen LogP contribution in [-0.2, 0) is 54.6 Å². The Morgan fingerprint density at radius 1 is 0.800 bits per heavy atom. The van der Waals surface area contributed by atoms with E-state index < -0.39 is 0 Å². The SMILES string of the molecule is [Cl][Pt-].[Cl][Pt-].[Mn+2]. The zero-order valence-electron chi connectivity index (χ0n) is 1.77. The Labute approximate surface area is 72.5 Å². The number of hydrogen-bond donors (Lipinski definition) is 0. The smallest absolute Gasteiger partial charge is 2.00 e. The monoisotopic (exact) mass is 515 g/mol. The standard InChI is InChI=1S/2ClH.Mn.2Pt/h2*1H;;;/q;;+2;;/p-2. The normalized spacial score (nSPS) is 2.80. The van der Waals surface area contributed by atoms with Crippen molar-refractivity contribution in [1.82, 2.24) is 0 Å². The Morgan fingerprint density at radius 2 is 0.800 bits per heavy atom. The second-order valence-corrected chi connectivity index (χ2v) is 0. The van der Waals surface area contributed by atoms with E-state index in [9.17, 15) is 0 Å². The van der Waals surface area contributed by atoms with E-state index in [0.717, 1.165) is 0 Å². The average molecular weight is 516 g/mol. The minimum Gasteiger partial charge on any atom is 2.00 e. The van der Waals surface area contributed by atoms with Crippen molar-refractivity contribution < 1.29 is 54.6 Å². The van der Waals surface area contributed by atoms with Gasteiger partial charge in [-0.1, -0.05) is 0 Å². The molecule has 0 amide bonds.